The van der Waals surface area contributed by atoms with E-state index >= 15 is 0 Å². The van der Waals surface area contributed by atoms with Crippen molar-refractivity contribution in [2.24, 2.45) is 5.73 Å². The molecule has 1 aromatic rings. The van der Waals surface area contributed by atoms with Crippen molar-refractivity contribution in [2.75, 3.05) is 0 Å². The van der Waals surface area contributed by atoms with Crippen molar-refractivity contribution in [2.45, 2.75) is 6.54 Å². The molecule has 0 heterocycles. The van der Waals surface area contributed by atoms with Crippen molar-refractivity contribution in [3.05, 3.63) is 34.1 Å². The molecule has 0 aliphatic heterocycles. The second kappa shape index (κ2) is 3.53. The van der Waals surface area contributed by atoms with E-state index < -0.39 is 5.82 Å². The number of nitrogens with two attached hydrogens (primary N) is 1. The maximum absolute atomic E-state index is 12.9. The third-order valence-corrected chi connectivity index (χ3v) is 1.79. The Morgan fingerprint density at radius 3 is 2.75 bits per heavy atom. The molecule has 0 spiro atoms. The van der Waals surface area contributed by atoms with Crippen LogP contribution in [0.4, 0.5) is 4.39 Å². The summed E-state index contributed by atoms with van der Waals surface area (Å²) in [5, 5.41) is 8.65. The van der Waals surface area contributed by atoms with Crippen molar-refractivity contribution in [1.29, 1.82) is 5.26 Å². The van der Waals surface area contributed by atoms with Crippen LogP contribution in [-0.4, -0.2) is 0 Å². The maximum atomic E-state index is 12.9. The maximum Gasteiger partial charge on any atom is 0.129 e. The first-order valence-electron chi connectivity index (χ1n) is 3.27. The summed E-state index contributed by atoms with van der Waals surface area (Å²) in [5.41, 5.74) is 5.78. The number of hydrogen-bond acceptors (Lipinski definition) is 2. The molecule has 4 heteroatoms. The molecule has 0 aliphatic carbocycles. The minimum absolute atomic E-state index is 0.0671. The van der Waals surface area contributed by atoms with E-state index in [1.54, 1.807) is 0 Å². The predicted octanol–water partition coefficient (Wildman–Crippen LogP) is 1.81. The number of rotatable bonds is 1. The van der Waals surface area contributed by atoms with Gasteiger partial charge in [-0.25, -0.2) is 4.39 Å². The molecule has 0 atom stereocenters. The van der Waals surface area contributed by atoms with E-state index in [4.69, 9.17) is 22.6 Å². The zero-order chi connectivity index (χ0) is 9.14. The first-order chi connectivity index (χ1) is 5.69. The fraction of sp³-hybridized carbons (Fsp3) is 0.125. The van der Waals surface area contributed by atoms with Gasteiger partial charge in [-0.1, -0.05) is 11.6 Å². The van der Waals surface area contributed by atoms with Crippen LogP contribution >= 0.6 is 11.6 Å². The Bertz CT molecular complexity index is 344. The Morgan fingerprint density at radius 2 is 2.25 bits per heavy atom. The zero-order valence-corrected chi connectivity index (χ0v) is 6.90. The van der Waals surface area contributed by atoms with Gasteiger partial charge in [-0.2, -0.15) is 5.26 Å². The summed E-state index contributed by atoms with van der Waals surface area (Å²) >= 11 is 5.56. The lowest BCUT2D eigenvalue weighted by atomic mass is 10.1. The van der Waals surface area contributed by atoms with Crippen LogP contribution in [-0.2, 0) is 6.54 Å². The molecule has 2 nitrogen and oxygen atoms in total. The van der Waals surface area contributed by atoms with E-state index in [0.717, 1.165) is 6.07 Å². The highest BCUT2D eigenvalue weighted by Crippen LogP contribution is 2.19. The summed E-state index contributed by atoms with van der Waals surface area (Å²) in [6, 6.07) is 4.30. The molecule has 0 amide bonds. The van der Waals surface area contributed by atoms with Gasteiger partial charge in [0, 0.05) is 12.1 Å². The lowest BCUT2D eigenvalue weighted by Crippen LogP contribution is -2.00. The SMILES string of the molecule is N#Cc1cc(CN)c(F)cc1Cl. The molecule has 0 saturated carbocycles. The van der Waals surface area contributed by atoms with Crippen molar-refractivity contribution in [3.8, 4) is 6.07 Å². The Kier molecular flexibility index (Phi) is 2.64. The topological polar surface area (TPSA) is 49.8 Å². The smallest absolute Gasteiger partial charge is 0.129 e. The molecular weight excluding hydrogens is 179 g/mol. The molecule has 2 N–H and O–H groups in total. The summed E-state index contributed by atoms with van der Waals surface area (Å²) in [7, 11) is 0. The van der Waals surface area contributed by atoms with Gasteiger partial charge in [0.2, 0.25) is 0 Å². The van der Waals surface area contributed by atoms with E-state index in [2.05, 4.69) is 0 Å². The number of hydrogen-bond donors (Lipinski definition) is 1. The van der Waals surface area contributed by atoms with Crippen molar-refractivity contribution < 1.29 is 4.39 Å². The summed E-state index contributed by atoms with van der Waals surface area (Å²) in [6.07, 6.45) is 0. The minimum Gasteiger partial charge on any atom is -0.326 e. The van der Waals surface area contributed by atoms with Gasteiger partial charge in [-0.15, -0.1) is 0 Å². The average molecular weight is 185 g/mol. The van der Waals surface area contributed by atoms with E-state index in [-0.39, 0.29) is 17.1 Å². The van der Waals surface area contributed by atoms with Gasteiger partial charge in [-0.3, -0.25) is 0 Å². The van der Waals surface area contributed by atoms with E-state index in [1.807, 2.05) is 6.07 Å². The van der Waals surface area contributed by atoms with Gasteiger partial charge in [0.05, 0.1) is 10.6 Å². The van der Waals surface area contributed by atoms with Crippen LogP contribution < -0.4 is 5.73 Å². The molecule has 0 radical (unpaired) electrons. The van der Waals surface area contributed by atoms with Crippen molar-refractivity contribution in [3.63, 3.8) is 0 Å². The normalized spacial score (nSPS) is 9.50. The van der Waals surface area contributed by atoms with Crippen LogP contribution in [0.5, 0.6) is 0 Å². The summed E-state index contributed by atoms with van der Waals surface area (Å²) in [5.74, 6) is -0.471. The van der Waals surface area contributed by atoms with Crippen LogP contribution in [0.3, 0.4) is 0 Å². The molecule has 12 heavy (non-hydrogen) atoms. The zero-order valence-electron chi connectivity index (χ0n) is 6.14. The van der Waals surface area contributed by atoms with Gasteiger partial charge in [-0.05, 0) is 12.1 Å². The largest absolute Gasteiger partial charge is 0.326 e. The fourth-order valence-electron chi connectivity index (χ4n) is 0.836. The molecule has 0 fully saturated rings. The van der Waals surface area contributed by atoms with Crippen LogP contribution in [0.1, 0.15) is 11.1 Å². The number of nitriles is 1. The predicted molar refractivity (Wildman–Crippen MR) is 44.0 cm³/mol. The third-order valence-electron chi connectivity index (χ3n) is 1.48. The molecule has 0 aliphatic rings. The Labute approximate surface area is 74.4 Å². The van der Waals surface area contributed by atoms with Crippen LogP contribution in [0, 0.1) is 17.1 Å². The highest BCUT2D eigenvalue weighted by Gasteiger charge is 2.06. The van der Waals surface area contributed by atoms with Gasteiger partial charge in [0.25, 0.3) is 0 Å². The summed E-state index contributed by atoms with van der Waals surface area (Å²) in [6.45, 7) is 0.0671. The summed E-state index contributed by atoms with van der Waals surface area (Å²) < 4.78 is 12.9. The Balaban J connectivity index is 3.30. The second-order valence-corrected chi connectivity index (χ2v) is 2.65. The average Bonchev–Trinajstić information content (AvgIpc) is 2.05. The molecule has 0 unspecified atom stereocenters. The highest BCUT2D eigenvalue weighted by atomic mass is 35.5. The van der Waals surface area contributed by atoms with Crippen LogP contribution in [0.15, 0.2) is 12.1 Å². The van der Waals surface area contributed by atoms with Gasteiger partial charge in [0.1, 0.15) is 11.9 Å². The molecule has 0 saturated heterocycles. The molecule has 0 bridgehead atoms. The molecule has 1 rings (SSSR count). The quantitative estimate of drug-likeness (QED) is 0.724. The number of benzene rings is 1. The monoisotopic (exact) mass is 184 g/mol. The third kappa shape index (κ3) is 1.55. The summed E-state index contributed by atoms with van der Waals surface area (Å²) in [4.78, 5) is 0. The Morgan fingerprint density at radius 1 is 1.58 bits per heavy atom. The number of nitrogens with zero attached hydrogens (tertiary/aromatic N) is 1. The van der Waals surface area contributed by atoms with Crippen LogP contribution in [0.25, 0.3) is 0 Å². The molecule has 0 aromatic heterocycles. The van der Waals surface area contributed by atoms with Gasteiger partial charge >= 0.3 is 0 Å². The lowest BCUT2D eigenvalue weighted by molar-refractivity contribution is 0.610. The highest BCUT2D eigenvalue weighted by molar-refractivity contribution is 6.31. The van der Waals surface area contributed by atoms with E-state index in [0.29, 0.717) is 5.56 Å². The lowest BCUT2D eigenvalue weighted by Gasteiger charge is -2.00. The first kappa shape index (κ1) is 8.98. The minimum atomic E-state index is -0.471. The molecule has 1 aromatic carbocycles. The first-order valence-corrected chi connectivity index (χ1v) is 3.65. The van der Waals surface area contributed by atoms with Crippen molar-refractivity contribution >= 4 is 11.6 Å². The van der Waals surface area contributed by atoms with Gasteiger partial charge in [0.15, 0.2) is 0 Å². The van der Waals surface area contributed by atoms with Gasteiger partial charge < -0.3 is 5.73 Å². The molecular formula is C8H6ClFN2. The number of halogens is 2. The fourth-order valence-corrected chi connectivity index (χ4v) is 1.03. The van der Waals surface area contributed by atoms with E-state index in [1.165, 1.54) is 6.07 Å². The second-order valence-electron chi connectivity index (χ2n) is 2.24. The van der Waals surface area contributed by atoms with E-state index in [9.17, 15) is 4.39 Å². The van der Waals surface area contributed by atoms with Crippen molar-refractivity contribution in [1.82, 2.24) is 0 Å². The molecule has 62 valence electrons. The Hall–Kier alpha value is -1.11. The standard InChI is InChI=1S/C8H6ClFN2/c9-7-2-8(10)6(4-12)1-5(7)3-11/h1-2H,4,12H2. The van der Waals surface area contributed by atoms with Crippen LogP contribution in [0.2, 0.25) is 5.02 Å².